The van der Waals surface area contributed by atoms with Gasteiger partial charge >= 0.3 is 0 Å². The molecule has 19 heavy (non-hydrogen) atoms. The molecule has 0 fully saturated rings. The third kappa shape index (κ3) is 4.96. The SMILES string of the molecule is CCNC(CCc1nccn1C)C(OCC)C(C)C. The number of hydrogen-bond acceptors (Lipinski definition) is 3. The normalized spacial score (nSPS) is 14.8. The van der Waals surface area contributed by atoms with Crippen molar-refractivity contribution in [3.63, 3.8) is 0 Å². The van der Waals surface area contributed by atoms with Crippen LogP contribution in [-0.2, 0) is 18.2 Å². The van der Waals surface area contributed by atoms with Crippen LogP contribution in [0.1, 0.15) is 39.9 Å². The van der Waals surface area contributed by atoms with Crippen molar-refractivity contribution in [3.05, 3.63) is 18.2 Å². The first-order valence-corrected chi connectivity index (χ1v) is 7.41. The highest BCUT2D eigenvalue weighted by Crippen LogP contribution is 2.16. The van der Waals surface area contributed by atoms with Gasteiger partial charge in [0.1, 0.15) is 5.82 Å². The summed E-state index contributed by atoms with van der Waals surface area (Å²) in [6, 6.07) is 0.390. The quantitative estimate of drug-likeness (QED) is 0.746. The van der Waals surface area contributed by atoms with Crippen LogP contribution in [0.2, 0.25) is 0 Å². The predicted molar refractivity (Wildman–Crippen MR) is 79.2 cm³/mol. The lowest BCUT2D eigenvalue weighted by Crippen LogP contribution is -2.44. The minimum Gasteiger partial charge on any atom is -0.377 e. The van der Waals surface area contributed by atoms with Crippen molar-refractivity contribution in [1.82, 2.24) is 14.9 Å². The van der Waals surface area contributed by atoms with Gasteiger partial charge in [0.05, 0.1) is 6.10 Å². The zero-order chi connectivity index (χ0) is 14.3. The first-order chi connectivity index (χ1) is 9.10. The predicted octanol–water partition coefficient (Wildman–Crippen LogP) is 2.39. The summed E-state index contributed by atoms with van der Waals surface area (Å²) in [7, 11) is 2.05. The number of nitrogens with zero attached hydrogens (tertiary/aromatic N) is 2. The van der Waals surface area contributed by atoms with Gasteiger partial charge in [-0.3, -0.25) is 0 Å². The maximum Gasteiger partial charge on any atom is 0.108 e. The van der Waals surface area contributed by atoms with Crippen LogP contribution in [0.5, 0.6) is 0 Å². The average Bonchev–Trinajstić information content (AvgIpc) is 2.77. The minimum absolute atomic E-state index is 0.269. The van der Waals surface area contributed by atoms with Gasteiger partial charge < -0.3 is 14.6 Å². The largest absolute Gasteiger partial charge is 0.377 e. The number of likely N-dealkylation sites (N-methyl/N-ethyl adjacent to an activating group) is 1. The van der Waals surface area contributed by atoms with Gasteiger partial charge in [0, 0.05) is 38.5 Å². The Labute approximate surface area is 117 Å². The Morgan fingerprint density at radius 3 is 2.58 bits per heavy atom. The number of ether oxygens (including phenoxy) is 1. The van der Waals surface area contributed by atoms with E-state index < -0.39 is 0 Å². The maximum absolute atomic E-state index is 5.93. The second-order valence-corrected chi connectivity index (χ2v) is 5.32. The Kier molecular flexibility index (Phi) is 7.10. The first kappa shape index (κ1) is 16.2. The molecule has 2 unspecified atom stereocenters. The molecule has 0 aliphatic heterocycles. The summed E-state index contributed by atoms with van der Waals surface area (Å²) in [6.45, 7) is 10.4. The number of imidazole rings is 1. The zero-order valence-electron chi connectivity index (χ0n) is 13.0. The van der Waals surface area contributed by atoms with Gasteiger partial charge in [-0.25, -0.2) is 4.98 Å². The van der Waals surface area contributed by atoms with E-state index in [-0.39, 0.29) is 6.10 Å². The molecule has 0 amide bonds. The highest BCUT2D eigenvalue weighted by atomic mass is 16.5. The number of rotatable bonds is 9. The number of aromatic nitrogens is 2. The van der Waals surface area contributed by atoms with Gasteiger partial charge in [0.15, 0.2) is 0 Å². The average molecular weight is 267 g/mol. The summed E-state index contributed by atoms with van der Waals surface area (Å²) in [4.78, 5) is 4.39. The molecule has 0 aliphatic rings. The molecule has 0 spiro atoms. The Morgan fingerprint density at radius 1 is 1.37 bits per heavy atom. The van der Waals surface area contributed by atoms with Crippen molar-refractivity contribution in [2.24, 2.45) is 13.0 Å². The van der Waals surface area contributed by atoms with E-state index in [9.17, 15) is 0 Å². The van der Waals surface area contributed by atoms with Gasteiger partial charge in [-0.1, -0.05) is 20.8 Å². The molecule has 0 aliphatic carbocycles. The van der Waals surface area contributed by atoms with Crippen LogP contribution in [0.3, 0.4) is 0 Å². The van der Waals surface area contributed by atoms with Crippen molar-refractivity contribution >= 4 is 0 Å². The van der Waals surface area contributed by atoms with Crippen molar-refractivity contribution in [2.45, 2.75) is 52.7 Å². The van der Waals surface area contributed by atoms with Crippen LogP contribution in [0, 0.1) is 5.92 Å². The molecule has 0 aromatic carbocycles. The molecule has 0 saturated heterocycles. The maximum atomic E-state index is 5.93. The van der Waals surface area contributed by atoms with E-state index in [1.807, 2.05) is 19.4 Å². The van der Waals surface area contributed by atoms with E-state index in [4.69, 9.17) is 4.74 Å². The Hall–Kier alpha value is -0.870. The summed E-state index contributed by atoms with van der Waals surface area (Å²) in [5.74, 6) is 1.66. The van der Waals surface area contributed by atoms with Crippen LogP contribution in [0.15, 0.2) is 12.4 Å². The Balaban J connectivity index is 2.62. The van der Waals surface area contributed by atoms with Crippen LogP contribution in [0.4, 0.5) is 0 Å². The summed E-state index contributed by atoms with van der Waals surface area (Å²) in [6.07, 6.45) is 6.17. The summed E-state index contributed by atoms with van der Waals surface area (Å²) >= 11 is 0. The van der Waals surface area contributed by atoms with Crippen molar-refractivity contribution in [1.29, 1.82) is 0 Å². The number of hydrogen-bond donors (Lipinski definition) is 1. The van der Waals surface area contributed by atoms with Crippen molar-refractivity contribution < 1.29 is 4.74 Å². The fraction of sp³-hybridized carbons (Fsp3) is 0.800. The molecule has 1 N–H and O–H groups in total. The van der Waals surface area contributed by atoms with Crippen LogP contribution in [0.25, 0.3) is 0 Å². The molecule has 1 aromatic heterocycles. The van der Waals surface area contributed by atoms with Crippen LogP contribution >= 0.6 is 0 Å². The molecule has 1 heterocycles. The third-order valence-corrected chi connectivity index (χ3v) is 3.48. The molecular formula is C15H29N3O. The van der Waals surface area contributed by atoms with E-state index in [2.05, 4.69) is 42.6 Å². The van der Waals surface area contributed by atoms with E-state index >= 15 is 0 Å². The second kappa shape index (κ2) is 8.33. The van der Waals surface area contributed by atoms with Gasteiger partial charge in [-0.15, -0.1) is 0 Å². The topological polar surface area (TPSA) is 39.1 Å². The molecule has 4 nitrogen and oxygen atoms in total. The van der Waals surface area contributed by atoms with Crippen LogP contribution in [-0.4, -0.2) is 34.8 Å². The Bertz CT molecular complexity index is 349. The Morgan fingerprint density at radius 2 is 2.11 bits per heavy atom. The summed E-state index contributed by atoms with van der Waals surface area (Å²) < 4.78 is 8.02. The molecule has 110 valence electrons. The van der Waals surface area contributed by atoms with E-state index in [0.717, 1.165) is 31.8 Å². The monoisotopic (exact) mass is 267 g/mol. The molecule has 0 radical (unpaired) electrons. The van der Waals surface area contributed by atoms with E-state index in [1.165, 1.54) is 0 Å². The number of nitrogens with one attached hydrogen (secondary N) is 1. The highest BCUT2D eigenvalue weighted by molar-refractivity contribution is 4.93. The van der Waals surface area contributed by atoms with Crippen LogP contribution < -0.4 is 5.32 Å². The van der Waals surface area contributed by atoms with Gasteiger partial charge in [-0.2, -0.15) is 0 Å². The smallest absolute Gasteiger partial charge is 0.108 e. The lowest BCUT2D eigenvalue weighted by Gasteiger charge is -2.30. The molecule has 4 heteroatoms. The number of aryl methyl sites for hydroxylation is 2. The standard InChI is InChI=1S/C15H29N3O/c1-6-16-13(15(12(3)4)19-7-2)8-9-14-17-10-11-18(14)5/h10-13,15-16H,6-9H2,1-5H3. The molecule has 2 atom stereocenters. The zero-order valence-corrected chi connectivity index (χ0v) is 13.0. The highest BCUT2D eigenvalue weighted by Gasteiger charge is 2.24. The lowest BCUT2D eigenvalue weighted by atomic mass is 9.95. The van der Waals surface area contributed by atoms with E-state index in [1.54, 1.807) is 0 Å². The molecule has 0 saturated carbocycles. The molecule has 1 aromatic rings. The minimum atomic E-state index is 0.269. The molecular weight excluding hydrogens is 238 g/mol. The fourth-order valence-corrected chi connectivity index (χ4v) is 2.53. The fourth-order valence-electron chi connectivity index (χ4n) is 2.53. The lowest BCUT2D eigenvalue weighted by molar-refractivity contribution is 0.00180. The van der Waals surface area contributed by atoms with Gasteiger partial charge in [0.2, 0.25) is 0 Å². The first-order valence-electron chi connectivity index (χ1n) is 7.41. The third-order valence-electron chi connectivity index (χ3n) is 3.48. The summed E-state index contributed by atoms with van der Waals surface area (Å²) in [5, 5.41) is 3.57. The van der Waals surface area contributed by atoms with Gasteiger partial charge in [0.25, 0.3) is 0 Å². The van der Waals surface area contributed by atoms with Crippen molar-refractivity contribution in [2.75, 3.05) is 13.2 Å². The molecule has 0 bridgehead atoms. The second-order valence-electron chi connectivity index (χ2n) is 5.32. The molecule has 1 rings (SSSR count). The van der Waals surface area contributed by atoms with Crippen molar-refractivity contribution in [3.8, 4) is 0 Å². The van der Waals surface area contributed by atoms with Gasteiger partial charge in [-0.05, 0) is 25.8 Å². The summed E-state index contributed by atoms with van der Waals surface area (Å²) in [5.41, 5.74) is 0. The van der Waals surface area contributed by atoms with E-state index in [0.29, 0.717) is 12.0 Å².